The molecule has 0 saturated carbocycles. The van der Waals surface area contributed by atoms with Gasteiger partial charge in [-0.3, -0.25) is 14.4 Å². The van der Waals surface area contributed by atoms with Crippen LogP contribution in [0, 0.1) is 11.2 Å². The zero-order valence-electron chi connectivity index (χ0n) is 21.6. The number of ketones is 3. The van der Waals surface area contributed by atoms with Crippen molar-refractivity contribution in [1.82, 2.24) is 0 Å². The average Bonchev–Trinajstić information content (AvgIpc) is 3.43. The molecule has 40 heavy (non-hydrogen) atoms. The van der Waals surface area contributed by atoms with Crippen molar-refractivity contribution in [2.24, 2.45) is 5.41 Å². The normalized spacial score (nSPS) is 21.8. The maximum Gasteiger partial charge on any atom is 0.185 e. The van der Waals surface area contributed by atoms with Crippen LogP contribution in [0.2, 0.25) is 0 Å². The van der Waals surface area contributed by atoms with Crippen molar-refractivity contribution in [3.8, 4) is 5.75 Å². The second-order valence-electron chi connectivity index (χ2n) is 10.4. The van der Waals surface area contributed by atoms with Crippen molar-refractivity contribution < 1.29 is 23.5 Å². The van der Waals surface area contributed by atoms with Crippen molar-refractivity contribution in [2.75, 3.05) is 12.0 Å². The van der Waals surface area contributed by atoms with E-state index in [1.165, 1.54) is 12.1 Å². The fourth-order valence-corrected chi connectivity index (χ4v) is 6.89. The summed E-state index contributed by atoms with van der Waals surface area (Å²) >= 11 is 0. The van der Waals surface area contributed by atoms with Crippen LogP contribution in [0.4, 0.5) is 10.1 Å². The van der Waals surface area contributed by atoms with Gasteiger partial charge >= 0.3 is 0 Å². The molecular formula is C34H24FNO4. The Hall–Kier alpha value is -4.84. The average molecular weight is 530 g/mol. The van der Waals surface area contributed by atoms with Gasteiger partial charge in [0.25, 0.3) is 0 Å². The van der Waals surface area contributed by atoms with Gasteiger partial charge in [-0.2, -0.15) is 0 Å². The predicted octanol–water partition coefficient (Wildman–Crippen LogP) is 6.15. The molecule has 5 nitrogen and oxygen atoms in total. The molecule has 0 amide bonds. The lowest BCUT2D eigenvalue weighted by Gasteiger charge is -2.37. The highest BCUT2D eigenvalue weighted by Crippen LogP contribution is 2.60. The van der Waals surface area contributed by atoms with E-state index >= 15 is 0 Å². The first-order valence-corrected chi connectivity index (χ1v) is 13.1. The van der Waals surface area contributed by atoms with Crippen LogP contribution < -0.4 is 9.64 Å². The van der Waals surface area contributed by atoms with Crippen LogP contribution in [-0.2, 0) is 0 Å². The minimum atomic E-state index is -1.61. The summed E-state index contributed by atoms with van der Waals surface area (Å²) < 4.78 is 19.5. The molecule has 2 aliphatic heterocycles. The summed E-state index contributed by atoms with van der Waals surface area (Å²) in [5.41, 5.74) is 1.73. The van der Waals surface area contributed by atoms with E-state index in [1.807, 2.05) is 41.3 Å². The summed E-state index contributed by atoms with van der Waals surface area (Å²) in [4.78, 5) is 45.6. The van der Waals surface area contributed by atoms with E-state index in [2.05, 4.69) is 0 Å². The largest absolute Gasteiger partial charge is 0.497 e. The minimum Gasteiger partial charge on any atom is -0.497 e. The third-order valence-corrected chi connectivity index (χ3v) is 8.59. The van der Waals surface area contributed by atoms with E-state index in [9.17, 15) is 18.8 Å². The third kappa shape index (κ3) is 3.16. The van der Waals surface area contributed by atoms with Crippen molar-refractivity contribution in [1.29, 1.82) is 0 Å². The molecule has 3 unspecified atom stereocenters. The number of carbonyl (C=O) groups is 3. The van der Waals surface area contributed by atoms with Gasteiger partial charge in [0.2, 0.25) is 0 Å². The zero-order valence-corrected chi connectivity index (χ0v) is 21.6. The number of Topliss-reactive ketones (excluding diaryl/α,β-unsaturated/α-hetero) is 3. The third-order valence-electron chi connectivity index (χ3n) is 8.59. The Morgan fingerprint density at radius 3 is 2.10 bits per heavy atom. The summed E-state index contributed by atoms with van der Waals surface area (Å²) in [5.74, 6) is -1.58. The van der Waals surface area contributed by atoms with E-state index in [0.29, 0.717) is 28.0 Å². The summed E-state index contributed by atoms with van der Waals surface area (Å²) in [6.07, 6.45) is 3.80. The van der Waals surface area contributed by atoms with E-state index in [0.717, 1.165) is 11.3 Å². The Morgan fingerprint density at radius 2 is 1.45 bits per heavy atom. The van der Waals surface area contributed by atoms with Crippen LogP contribution in [0.1, 0.15) is 48.1 Å². The summed E-state index contributed by atoms with van der Waals surface area (Å²) in [6.45, 7) is 0. The molecule has 2 heterocycles. The van der Waals surface area contributed by atoms with Gasteiger partial charge in [-0.1, -0.05) is 66.7 Å². The number of nitrogens with zero attached hydrogens (tertiary/aromatic N) is 1. The van der Waals surface area contributed by atoms with Gasteiger partial charge in [-0.15, -0.1) is 0 Å². The van der Waals surface area contributed by atoms with Gasteiger partial charge in [0.05, 0.1) is 13.2 Å². The van der Waals surface area contributed by atoms with Crippen molar-refractivity contribution in [3.63, 3.8) is 0 Å². The van der Waals surface area contributed by atoms with E-state index in [4.69, 9.17) is 4.74 Å². The highest BCUT2D eigenvalue weighted by atomic mass is 19.1. The van der Waals surface area contributed by atoms with Gasteiger partial charge in [0.1, 0.15) is 23.0 Å². The number of anilines is 1. The molecule has 1 aliphatic carbocycles. The molecule has 0 aromatic heterocycles. The number of methoxy groups -OCH3 is 1. The SMILES string of the molecule is COc1ccc(C(=O)C2C(c3ccc(F)cc3)C3(C(=O)c4ccccc4C3=O)C3C=Cc4ccccc4N23)cc1. The molecule has 0 bridgehead atoms. The molecule has 196 valence electrons. The topological polar surface area (TPSA) is 63.7 Å². The molecule has 6 heteroatoms. The predicted molar refractivity (Wildman–Crippen MR) is 150 cm³/mol. The molecule has 7 rings (SSSR count). The Kier molecular flexibility index (Phi) is 5.36. The molecule has 3 atom stereocenters. The first kappa shape index (κ1) is 24.2. The lowest BCUT2D eigenvalue weighted by Crippen LogP contribution is -2.48. The Bertz CT molecular complexity index is 1690. The number of fused-ring (bicyclic) bond motifs is 5. The maximum atomic E-state index is 14.6. The number of benzene rings is 4. The summed E-state index contributed by atoms with van der Waals surface area (Å²) in [7, 11) is 1.55. The van der Waals surface area contributed by atoms with Crippen LogP contribution >= 0.6 is 0 Å². The van der Waals surface area contributed by atoms with E-state index in [1.54, 1.807) is 67.8 Å². The number of hydrogen-bond donors (Lipinski definition) is 0. The van der Waals surface area contributed by atoms with Gasteiger partial charge in [-0.25, -0.2) is 4.39 Å². The zero-order chi connectivity index (χ0) is 27.6. The van der Waals surface area contributed by atoms with Crippen LogP contribution in [0.5, 0.6) is 5.75 Å². The summed E-state index contributed by atoms with van der Waals surface area (Å²) in [6, 6.07) is 25.5. The number of halogens is 1. The molecule has 0 N–H and O–H groups in total. The molecule has 1 saturated heterocycles. The Morgan fingerprint density at radius 1 is 0.825 bits per heavy atom. The second kappa shape index (κ2) is 8.85. The highest BCUT2D eigenvalue weighted by molar-refractivity contribution is 6.32. The summed E-state index contributed by atoms with van der Waals surface area (Å²) in [5, 5.41) is 0. The van der Waals surface area contributed by atoms with Crippen molar-refractivity contribution in [2.45, 2.75) is 18.0 Å². The van der Waals surface area contributed by atoms with Crippen molar-refractivity contribution >= 4 is 29.1 Å². The first-order chi connectivity index (χ1) is 19.5. The standard InChI is InChI=1S/C34H24FNO4/c1-40-24-17-12-22(13-18-24)31(37)30-29(21-10-15-23(35)16-11-21)34(32(38)25-7-3-4-8-26(25)33(34)39)28-19-14-20-6-2-5-9-27(20)36(28)30/h2-19,28-30H,1H3. The quantitative estimate of drug-likeness (QED) is 0.234. The number of ether oxygens (including phenoxy) is 1. The minimum absolute atomic E-state index is 0.236. The molecule has 4 aromatic carbocycles. The molecule has 4 aromatic rings. The fraction of sp³-hybridized carbons (Fsp3) is 0.147. The van der Waals surface area contributed by atoms with E-state index in [-0.39, 0.29) is 17.3 Å². The van der Waals surface area contributed by atoms with Crippen LogP contribution in [-0.4, -0.2) is 36.5 Å². The number of hydrogen-bond acceptors (Lipinski definition) is 5. The lowest BCUT2D eigenvalue weighted by molar-refractivity contribution is 0.0666. The van der Waals surface area contributed by atoms with Gasteiger partial charge < -0.3 is 9.64 Å². The van der Waals surface area contributed by atoms with Gasteiger partial charge in [0.15, 0.2) is 17.3 Å². The van der Waals surface area contributed by atoms with Gasteiger partial charge in [0, 0.05) is 28.3 Å². The first-order valence-electron chi connectivity index (χ1n) is 13.1. The fourth-order valence-electron chi connectivity index (χ4n) is 6.89. The highest BCUT2D eigenvalue weighted by Gasteiger charge is 2.71. The van der Waals surface area contributed by atoms with Crippen LogP contribution in [0.3, 0.4) is 0 Å². The Labute approximate surface area is 230 Å². The van der Waals surface area contributed by atoms with Crippen LogP contribution in [0.25, 0.3) is 6.08 Å². The van der Waals surface area contributed by atoms with Gasteiger partial charge in [-0.05, 0) is 53.6 Å². The number of carbonyl (C=O) groups excluding carboxylic acids is 3. The second-order valence-corrected chi connectivity index (χ2v) is 10.4. The molecule has 1 fully saturated rings. The molecule has 3 aliphatic rings. The van der Waals surface area contributed by atoms with Crippen LogP contribution in [0.15, 0.2) is 103 Å². The maximum absolute atomic E-state index is 14.6. The number of rotatable bonds is 4. The monoisotopic (exact) mass is 529 g/mol. The molecule has 1 spiro atoms. The lowest BCUT2D eigenvalue weighted by atomic mass is 9.64. The Balaban J connectivity index is 1.52. The molecular weight excluding hydrogens is 505 g/mol. The van der Waals surface area contributed by atoms with E-state index < -0.39 is 29.2 Å². The molecule has 0 radical (unpaired) electrons. The number of para-hydroxylation sites is 1. The smallest absolute Gasteiger partial charge is 0.185 e. The van der Waals surface area contributed by atoms with Crippen molar-refractivity contribution in [3.05, 3.63) is 137 Å².